The monoisotopic (exact) mass is 431 g/mol. The number of ether oxygens (including phenoxy) is 2. The Hall–Kier alpha value is -4.00. The fourth-order valence-corrected chi connectivity index (χ4v) is 3.39. The zero-order chi connectivity index (χ0) is 22.5. The van der Waals surface area contributed by atoms with Crippen molar-refractivity contribution >= 4 is 28.9 Å². The Bertz CT molecular complexity index is 1130. The minimum absolute atomic E-state index is 0.148. The molecule has 0 saturated heterocycles. The van der Waals surface area contributed by atoms with Gasteiger partial charge in [-0.25, -0.2) is 0 Å². The van der Waals surface area contributed by atoms with E-state index in [0.29, 0.717) is 41.3 Å². The van der Waals surface area contributed by atoms with Gasteiger partial charge in [0.25, 0.3) is 5.91 Å². The van der Waals surface area contributed by atoms with Crippen LogP contribution in [0.25, 0.3) is 0 Å². The summed E-state index contributed by atoms with van der Waals surface area (Å²) < 4.78 is 10.6. The molecule has 32 heavy (non-hydrogen) atoms. The molecule has 7 nitrogen and oxygen atoms in total. The zero-order valence-corrected chi connectivity index (χ0v) is 18.1. The molecule has 7 heteroatoms. The standard InChI is InChI=1S/C25H25N3O4/c1-28(2)19-11-7-17(8-12-19)9-14-24(29)27-21-6-4-3-5-20(21)25(30)26-18-10-13-22-23(15-18)32-16-31-22/h3-8,10-13,15H,9,14,16H2,1-2H3,(H,26,30)(H,27,29). The number of carbonyl (C=O) groups is 2. The second kappa shape index (κ2) is 9.43. The molecule has 164 valence electrons. The van der Waals surface area contributed by atoms with E-state index in [2.05, 4.69) is 10.6 Å². The highest BCUT2D eigenvalue weighted by Crippen LogP contribution is 2.34. The fourth-order valence-electron chi connectivity index (χ4n) is 3.39. The molecule has 3 aromatic rings. The van der Waals surface area contributed by atoms with Gasteiger partial charge >= 0.3 is 0 Å². The lowest BCUT2D eigenvalue weighted by Gasteiger charge is -2.13. The Balaban J connectivity index is 1.38. The van der Waals surface area contributed by atoms with Crippen molar-refractivity contribution in [3.8, 4) is 11.5 Å². The molecule has 0 bridgehead atoms. The van der Waals surface area contributed by atoms with Gasteiger partial charge < -0.3 is 25.0 Å². The van der Waals surface area contributed by atoms with Crippen molar-refractivity contribution in [1.29, 1.82) is 0 Å². The lowest BCUT2D eigenvalue weighted by Crippen LogP contribution is -2.18. The Morgan fingerprint density at radius 3 is 2.44 bits per heavy atom. The lowest BCUT2D eigenvalue weighted by molar-refractivity contribution is -0.116. The van der Waals surface area contributed by atoms with Crippen LogP contribution in [0.5, 0.6) is 11.5 Å². The Labute approximate surface area is 187 Å². The molecule has 1 aliphatic heterocycles. The average Bonchev–Trinajstić information content (AvgIpc) is 3.26. The van der Waals surface area contributed by atoms with Crippen LogP contribution in [-0.2, 0) is 11.2 Å². The topological polar surface area (TPSA) is 79.9 Å². The van der Waals surface area contributed by atoms with Gasteiger partial charge in [-0.05, 0) is 48.4 Å². The van der Waals surface area contributed by atoms with Crippen LogP contribution < -0.4 is 25.0 Å². The van der Waals surface area contributed by atoms with Gasteiger partial charge in [-0.3, -0.25) is 9.59 Å². The molecule has 0 aromatic heterocycles. The molecule has 4 rings (SSSR count). The highest BCUT2D eigenvalue weighted by Gasteiger charge is 2.17. The molecule has 1 heterocycles. The Kier molecular flexibility index (Phi) is 6.26. The summed E-state index contributed by atoms with van der Waals surface area (Å²) in [5, 5.41) is 5.71. The van der Waals surface area contributed by atoms with Gasteiger partial charge in [0.1, 0.15) is 0 Å². The minimum Gasteiger partial charge on any atom is -0.454 e. The van der Waals surface area contributed by atoms with E-state index in [4.69, 9.17) is 9.47 Å². The first-order valence-electron chi connectivity index (χ1n) is 10.4. The van der Waals surface area contributed by atoms with Crippen LogP contribution in [0.1, 0.15) is 22.3 Å². The Morgan fingerprint density at radius 1 is 0.906 bits per heavy atom. The number of amides is 2. The van der Waals surface area contributed by atoms with E-state index in [1.165, 1.54) is 0 Å². The molecular weight excluding hydrogens is 406 g/mol. The highest BCUT2D eigenvalue weighted by atomic mass is 16.7. The number of fused-ring (bicyclic) bond motifs is 1. The minimum atomic E-state index is -0.320. The number of rotatable bonds is 7. The number of hydrogen-bond acceptors (Lipinski definition) is 5. The summed E-state index contributed by atoms with van der Waals surface area (Å²) in [6.07, 6.45) is 0.935. The maximum absolute atomic E-state index is 12.8. The van der Waals surface area contributed by atoms with Gasteiger partial charge in [0.15, 0.2) is 11.5 Å². The number of carbonyl (C=O) groups excluding carboxylic acids is 2. The summed E-state index contributed by atoms with van der Waals surface area (Å²) in [5.41, 5.74) is 3.63. The van der Waals surface area contributed by atoms with Gasteiger partial charge in [-0.2, -0.15) is 0 Å². The number of para-hydroxylation sites is 1. The largest absolute Gasteiger partial charge is 0.454 e. The van der Waals surface area contributed by atoms with Gasteiger partial charge in [-0.15, -0.1) is 0 Å². The quantitative estimate of drug-likeness (QED) is 0.583. The predicted molar refractivity (Wildman–Crippen MR) is 125 cm³/mol. The first-order chi connectivity index (χ1) is 15.5. The summed E-state index contributed by atoms with van der Waals surface area (Å²) >= 11 is 0. The third-order valence-electron chi connectivity index (χ3n) is 5.17. The smallest absolute Gasteiger partial charge is 0.257 e. The third kappa shape index (κ3) is 5.00. The zero-order valence-electron chi connectivity index (χ0n) is 18.1. The summed E-state index contributed by atoms with van der Waals surface area (Å²) in [5.74, 6) is 0.763. The molecule has 0 radical (unpaired) electrons. The summed E-state index contributed by atoms with van der Waals surface area (Å²) in [7, 11) is 3.98. The van der Waals surface area contributed by atoms with Crippen LogP contribution in [0.4, 0.5) is 17.1 Å². The van der Waals surface area contributed by atoms with Gasteiger partial charge in [0.05, 0.1) is 11.3 Å². The van der Waals surface area contributed by atoms with Crippen molar-refractivity contribution in [2.45, 2.75) is 12.8 Å². The van der Waals surface area contributed by atoms with E-state index in [1.54, 1.807) is 42.5 Å². The summed E-state index contributed by atoms with van der Waals surface area (Å²) in [6.45, 7) is 0.168. The fraction of sp³-hybridized carbons (Fsp3) is 0.200. The molecule has 0 fully saturated rings. The molecule has 1 aliphatic rings. The van der Waals surface area contributed by atoms with Crippen molar-refractivity contribution in [2.24, 2.45) is 0 Å². The number of nitrogens with one attached hydrogen (secondary N) is 2. The maximum Gasteiger partial charge on any atom is 0.257 e. The van der Waals surface area contributed by atoms with E-state index in [9.17, 15) is 9.59 Å². The summed E-state index contributed by atoms with van der Waals surface area (Å²) in [6, 6.07) is 20.3. The van der Waals surface area contributed by atoms with Crippen molar-refractivity contribution < 1.29 is 19.1 Å². The second-order valence-electron chi connectivity index (χ2n) is 7.68. The van der Waals surface area contributed by atoms with Crippen molar-refractivity contribution in [3.63, 3.8) is 0 Å². The number of benzene rings is 3. The number of nitrogens with zero attached hydrogens (tertiary/aromatic N) is 1. The van der Waals surface area contributed by atoms with Crippen LogP contribution in [0.15, 0.2) is 66.7 Å². The lowest BCUT2D eigenvalue weighted by atomic mass is 10.1. The van der Waals surface area contributed by atoms with E-state index in [0.717, 1.165) is 11.3 Å². The van der Waals surface area contributed by atoms with E-state index in [-0.39, 0.29) is 18.6 Å². The number of hydrogen-bond donors (Lipinski definition) is 2. The van der Waals surface area contributed by atoms with Crippen LogP contribution in [0, 0.1) is 0 Å². The molecule has 0 unspecified atom stereocenters. The molecule has 0 spiro atoms. The SMILES string of the molecule is CN(C)c1ccc(CCC(=O)Nc2ccccc2C(=O)Nc2ccc3c(c2)OCO3)cc1. The van der Waals surface area contributed by atoms with Crippen molar-refractivity contribution in [2.75, 3.05) is 36.4 Å². The molecule has 2 amide bonds. The first-order valence-corrected chi connectivity index (χ1v) is 10.4. The molecule has 3 aromatic carbocycles. The summed E-state index contributed by atoms with van der Waals surface area (Å²) in [4.78, 5) is 27.4. The van der Waals surface area contributed by atoms with E-state index >= 15 is 0 Å². The second-order valence-corrected chi connectivity index (χ2v) is 7.68. The van der Waals surface area contributed by atoms with Crippen LogP contribution in [0.2, 0.25) is 0 Å². The molecular formula is C25H25N3O4. The normalized spacial score (nSPS) is 11.7. The van der Waals surface area contributed by atoms with E-state index in [1.807, 2.05) is 43.3 Å². The highest BCUT2D eigenvalue weighted by molar-refractivity contribution is 6.10. The van der Waals surface area contributed by atoms with Crippen molar-refractivity contribution in [1.82, 2.24) is 0 Å². The van der Waals surface area contributed by atoms with Crippen LogP contribution in [0.3, 0.4) is 0 Å². The van der Waals surface area contributed by atoms with Gasteiger partial charge in [0, 0.05) is 38.0 Å². The Morgan fingerprint density at radius 2 is 1.66 bits per heavy atom. The van der Waals surface area contributed by atoms with E-state index < -0.39 is 0 Å². The van der Waals surface area contributed by atoms with Gasteiger partial charge in [0.2, 0.25) is 12.7 Å². The first kappa shape index (κ1) is 21.2. The molecule has 2 N–H and O–H groups in total. The third-order valence-corrected chi connectivity index (χ3v) is 5.17. The molecule has 0 aliphatic carbocycles. The maximum atomic E-state index is 12.8. The van der Waals surface area contributed by atoms with Crippen LogP contribution >= 0.6 is 0 Å². The molecule has 0 saturated carbocycles. The van der Waals surface area contributed by atoms with Crippen molar-refractivity contribution in [3.05, 3.63) is 77.9 Å². The predicted octanol–water partition coefficient (Wildman–Crippen LogP) is 4.30. The molecule has 0 atom stereocenters. The number of anilines is 3. The average molecular weight is 431 g/mol. The number of aryl methyl sites for hydroxylation is 1. The van der Waals surface area contributed by atoms with Crippen LogP contribution in [-0.4, -0.2) is 32.7 Å². The van der Waals surface area contributed by atoms with Gasteiger partial charge in [-0.1, -0.05) is 24.3 Å².